The molecule has 1 heterocycles. The number of nitrogens with one attached hydrogen (secondary N) is 1. The highest BCUT2D eigenvalue weighted by Gasteiger charge is 2.26. The van der Waals surface area contributed by atoms with E-state index < -0.39 is 6.09 Å². The molecular formula is C25H28N2O4. The van der Waals surface area contributed by atoms with E-state index in [0.717, 1.165) is 40.7 Å². The maximum atomic E-state index is 12.1. The number of anilines is 1. The number of nitrogens with zero attached hydrogens (tertiary/aromatic N) is 1. The van der Waals surface area contributed by atoms with Gasteiger partial charge in [0, 0.05) is 29.2 Å². The Hall–Kier alpha value is -3.28. The molecule has 162 valence electrons. The van der Waals surface area contributed by atoms with Gasteiger partial charge in [-0.25, -0.2) is 4.79 Å². The van der Waals surface area contributed by atoms with Crippen LogP contribution in [0, 0.1) is 5.92 Å². The highest BCUT2D eigenvalue weighted by Crippen LogP contribution is 2.39. The molecule has 6 heteroatoms. The minimum Gasteiger partial charge on any atom is -0.494 e. The van der Waals surface area contributed by atoms with Crippen molar-refractivity contribution in [1.29, 1.82) is 0 Å². The van der Waals surface area contributed by atoms with E-state index in [1.807, 2.05) is 49.4 Å². The van der Waals surface area contributed by atoms with Crippen molar-refractivity contribution < 1.29 is 19.1 Å². The summed E-state index contributed by atoms with van der Waals surface area (Å²) in [6, 6.07) is 13.4. The number of hydrogen-bond donors (Lipinski definition) is 1. The van der Waals surface area contributed by atoms with Gasteiger partial charge in [0.25, 0.3) is 0 Å². The average molecular weight is 421 g/mol. The molecule has 4 rings (SSSR count). The first-order valence-electron chi connectivity index (χ1n) is 10.8. The van der Waals surface area contributed by atoms with Gasteiger partial charge >= 0.3 is 6.09 Å². The van der Waals surface area contributed by atoms with Crippen molar-refractivity contribution in [3.05, 3.63) is 48.0 Å². The molecule has 0 radical (unpaired) electrons. The summed E-state index contributed by atoms with van der Waals surface area (Å²) < 4.78 is 13.1. The first kappa shape index (κ1) is 21.0. The normalized spacial score (nSPS) is 13.4. The SMILES string of the molecule is CCOc1ccc2c(C=O)c(-c3ccc(NC(=O)OC(C)C)cc3)n(CC3CC3)c2c1. The van der Waals surface area contributed by atoms with E-state index >= 15 is 0 Å². The fourth-order valence-corrected chi connectivity index (χ4v) is 3.86. The van der Waals surface area contributed by atoms with Gasteiger partial charge in [-0.3, -0.25) is 10.1 Å². The molecule has 1 aromatic heterocycles. The highest BCUT2D eigenvalue weighted by atomic mass is 16.6. The van der Waals surface area contributed by atoms with Crippen LogP contribution in [0.5, 0.6) is 5.75 Å². The first-order valence-corrected chi connectivity index (χ1v) is 10.8. The maximum absolute atomic E-state index is 12.1. The van der Waals surface area contributed by atoms with E-state index in [4.69, 9.17) is 9.47 Å². The second-order valence-corrected chi connectivity index (χ2v) is 8.20. The van der Waals surface area contributed by atoms with Crippen molar-refractivity contribution in [3.63, 3.8) is 0 Å². The molecule has 0 aliphatic heterocycles. The van der Waals surface area contributed by atoms with Crippen LogP contribution in [0.15, 0.2) is 42.5 Å². The van der Waals surface area contributed by atoms with Gasteiger partial charge in [0.05, 0.1) is 23.9 Å². The standard InChI is InChI=1S/C25H28N2O4/c1-4-30-20-11-12-21-22(15-28)24(27(23(21)13-20)14-17-5-6-17)18-7-9-19(10-8-18)26-25(29)31-16(2)3/h7-13,15-17H,4-6,14H2,1-3H3,(H,26,29). The van der Waals surface area contributed by atoms with E-state index in [0.29, 0.717) is 23.8 Å². The highest BCUT2D eigenvalue weighted by molar-refractivity contribution is 6.05. The third kappa shape index (κ3) is 4.58. The molecule has 1 saturated carbocycles. The second kappa shape index (κ2) is 8.84. The number of aldehydes is 1. The number of amides is 1. The Kier molecular flexibility index (Phi) is 5.98. The number of benzene rings is 2. The van der Waals surface area contributed by atoms with Gasteiger partial charge in [-0.1, -0.05) is 12.1 Å². The Morgan fingerprint density at radius 3 is 2.55 bits per heavy atom. The topological polar surface area (TPSA) is 69.6 Å². The van der Waals surface area contributed by atoms with Crippen LogP contribution >= 0.6 is 0 Å². The minimum absolute atomic E-state index is 0.186. The smallest absolute Gasteiger partial charge is 0.411 e. The van der Waals surface area contributed by atoms with Crippen LogP contribution in [-0.2, 0) is 11.3 Å². The summed E-state index contributed by atoms with van der Waals surface area (Å²) >= 11 is 0. The van der Waals surface area contributed by atoms with Crippen LogP contribution in [0.1, 0.15) is 44.0 Å². The van der Waals surface area contributed by atoms with Crippen molar-refractivity contribution in [2.45, 2.75) is 46.3 Å². The third-order valence-corrected chi connectivity index (χ3v) is 5.39. The molecule has 2 aromatic carbocycles. The van der Waals surface area contributed by atoms with Crippen LogP contribution < -0.4 is 10.1 Å². The van der Waals surface area contributed by atoms with Crippen LogP contribution in [0.25, 0.3) is 22.2 Å². The zero-order chi connectivity index (χ0) is 22.0. The number of aromatic nitrogens is 1. The minimum atomic E-state index is -0.484. The van der Waals surface area contributed by atoms with Gasteiger partial charge in [0.1, 0.15) is 5.75 Å². The molecule has 6 nitrogen and oxygen atoms in total. The predicted octanol–water partition coefficient (Wildman–Crippen LogP) is 5.89. The second-order valence-electron chi connectivity index (χ2n) is 8.20. The molecule has 1 amide bonds. The molecule has 1 aliphatic carbocycles. The molecule has 31 heavy (non-hydrogen) atoms. The Bertz CT molecular complexity index is 1090. The van der Waals surface area contributed by atoms with E-state index in [9.17, 15) is 9.59 Å². The Balaban J connectivity index is 1.75. The van der Waals surface area contributed by atoms with Gasteiger partial charge in [-0.2, -0.15) is 0 Å². The summed E-state index contributed by atoms with van der Waals surface area (Å²) in [7, 11) is 0. The zero-order valence-corrected chi connectivity index (χ0v) is 18.2. The van der Waals surface area contributed by atoms with E-state index in [-0.39, 0.29) is 6.10 Å². The average Bonchev–Trinajstić information content (AvgIpc) is 3.50. The van der Waals surface area contributed by atoms with Crippen LogP contribution in [-0.4, -0.2) is 29.7 Å². The number of carbonyl (C=O) groups is 2. The van der Waals surface area contributed by atoms with Crippen LogP contribution in [0.4, 0.5) is 10.5 Å². The van der Waals surface area contributed by atoms with Gasteiger partial charge in [-0.15, -0.1) is 0 Å². The summed E-state index contributed by atoms with van der Waals surface area (Å²) in [6.07, 6.45) is 2.69. The Morgan fingerprint density at radius 1 is 1.19 bits per heavy atom. The third-order valence-electron chi connectivity index (χ3n) is 5.39. The Labute approximate surface area is 182 Å². The quantitative estimate of drug-likeness (QED) is 0.462. The lowest BCUT2D eigenvalue weighted by atomic mass is 10.1. The molecule has 0 spiro atoms. The van der Waals surface area contributed by atoms with Crippen molar-refractivity contribution in [2.75, 3.05) is 11.9 Å². The number of hydrogen-bond acceptors (Lipinski definition) is 4. The molecule has 0 unspecified atom stereocenters. The number of fused-ring (bicyclic) bond motifs is 1. The van der Waals surface area contributed by atoms with Crippen molar-refractivity contribution in [3.8, 4) is 17.0 Å². The monoisotopic (exact) mass is 420 g/mol. The fourth-order valence-electron chi connectivity index (χ4n) is 3.86. The van der Waals surface area contributed by atoms with E-state index in [1.54, 1.807) is 13.8 Å². The van der Waals surface area contributed by atoms with Crippen molar-refractivity contribution >= 4 is 29.0 Å². The molecule has 1 fully saturated rings. The van der Waals surface area contributed by atoms with Gasteiger partial charge < -0.3 is 14.0 Å². The molecule has 0 saturated heterocycles. The summed E-state index contributed by atoms with van der Waals surface area (Å²) in [6.45, 7) is 7.03. The lowest BCUT2D eigenvalue weighted by Gasteiger charge is -2.13. The first-order chi connectivity index (χ1) is 15.0. The lowest BCUT2D eigenvalue weighted by molar-refractivity contribution is 0.112. The van der Waals surface area contributed by atoms with Gasteiger partial charge in [0.15, 0.2) is 6.29 Å². The maximum Gasteiger partial charge on any atom is 0.411 e. The zero-order valence-electron chi connectivity index (χ0n) is 18.2. The molecular weight excluding hydrogens is 392 g/mol. The summed E-state index contributed by atoms with van der Waals surface area (Å²) in [4.78, 5) is 24.0. The number of rotatable bonds is 8. The predicted molar refractivity (Wildman–Crippen MR) is 122 cm³/mol. The Morgan fingerprint density at radius 2 is 1.94 bits per heavy atom. The lowest BCUT2D eigenvalue weighted by Crippen LogP contribution is -2.17. The molecule has 3 aromatic rings. The summed E-state index contributed by atoms with van der Waals surface area (Å²) in [5, 5.41) is 3.66. The molecule has 0 atom stereocenters. The fraction of sp³-hybridized carbons (Fsp3) is 0.360. The molecule has 0 bridgehead atoms. The van der Waals surface area contributed by atoms with Crippen molar-refractivity contribution in [2.24, 2.45) is 5.92 Å². The van der Waals surface area contributed by atoms with E-state index in [1.165, 1.54) is 12.8 Å². The molecule has 1 N–H and O–H groups in total. The van der Waals surface area contributed by atoms with Gasteiger partial charge in [-0.05, 0) is 69.4 Å². The van der Waals surface area contributed by atoms with Crippen molar-refractivity contribution in [1.82, 2.24) is 4.57 Å². The summed E-state index contributed by atoms with van der Waals surface area (Å²) in [5.74, 6) is 1.44. The molecule has 1 aliphatic rings. The number of carbonyl (C=O) groups excluding carboxylic acids is 2. The number of ether oxygens (including phenoxy) is 2. The van der Waals surface area contributed by atoms with E-state index in [2.05, 4.69) is 9.88 Å². The summed E-state index contributed by atoms with van der Waals surface area (Å²) in [5.41, 5.74) is 4.17. The van der Waals surface area contributed by atoms with Gasteiger partial charge in [0.2, 0.25) is 0 Å². The van der Waals surface area contributed by atoms with Crippen LogP contribution in [0.3, 0.4) is 0 Å². The largest absolute Gasteiger partial charge is 0.494 e. The van der Waals surface area contributed by atoms with Crippen LogP contribution in [0.2, 0.25) is 0 Å².